The highest BCUT2D eigenvalue weighted by atomic mass is 32.2. The largest absolute Gasteiger partial charge is 0.473 e. The number of benzene rings is 1. The third-order valence-electron chi connectivity index (χ3n) is 5.99. The van der Waals surface area contributed by atoms with E-state index in [-0.39, 0.29) is 23.9 Å². The van der Waals surface area contributed by atoms with Gasteiger partial charge in [-0.25, -0.2) is 23.2 Å². The van der Waals surface area contributed by atoms with Crippen molar-refractivity contribution < 1.29 is 18.1 Å². The normalized spacial score (nSPS) is 23.7. The van der Waals surface area contributed by atoms with Gasteiger partial charge in [-0.15, -0.1) is 4.36 Å². The molecule has 2 aliphatic carbocycles. The van der Waals surface area contributed by atoms with E-state index < -0.39 is 21.6 Å². The van der Waals surface area contributed by atoms with Gasteiger partial charge in [-0.1, -0.05) is 6.07 Å². The predicted molar refractivity (Wildman–Crippen MR) is 110 cm³/mol. The summed E-state index contributed by atoms with van der Waals surface area (Å²) in [4.78, 5) is 12.7. The number of rotatable bonds is 2. The van der Waals surface area contributed by atoms with E-state index in [4.69, 9.17) is 9.88 Å². The minimum Gasteiger partial charge on any atom is -0.473 e. The number of fused-ring (bicyclic) bond motifs is 3. The number of aromatic nitrogens is 2. The molecule has 2 heterocycles. The number of amides is 2. The van der Waals surface area contributed by atoms with Crippen LogP contribution in [-0.2, 0) is 42.1 Å². The fourth-order valence-corrected chi connectivity index (χ4v) is 5.66. The molecule has 2 aromatic rings. The SMILES string of the molecule is C[C@]1(F)COc2c([S@@](N)(=O)=NC(=O)Nc3c4c(cc5c3CCC5)CCC4)cnn2C1. The van der Waals surface area contributed by atoms with Crippen LogP contribution in [0.3, 0.4) is 0 Å². The molecule has 3 N–H and O–H groups in total. The Bertz CT molecular complexity index is 1150. The lowest BCUT2D eigenvalue weighted by atomic mass is 9.99. The van der Waals surface area contributed by atoms with Crippen LogP contribution in [0.4, 0.5) is 14.9 Å². The third kappa shape index (κ3) is 3.27. The standard InChI is InChI=1S/C20H24FN5O3S/c1-20(21)10-26-18(29-11-20)16(9-23-26)30(22,28)25-19(27)24-17-14-6-2-4-12(14)8-13-5-3-7-15(13)17/h8-9H,2-7,10-11H2,1H3,(H3,22,24,25,27,28)/t20-,30+/m1/s1. The van der Waals surface area contributed by atoms with Gasteiger partial charge in [0, 0.05) is 5.69 Å². The Morgan fingerprint density at radius 2 is 1.97 bits per heavy atom. The van der Waals surface area contributed by atoms with Crippen molar-refractivity contribution in [3.05, 3.63) is 34.5 Å². The molecule has 1 aliphatic heterocycles. The second-order valence-electron chi connectivity index (χ2n) is 8.50. The van der Waals surface area contributed by atoms with E-state index in [2.05, 4.69) is 20.8 Å². The molecule has 30 heavy (non-hydrogen) atoms. The average Bonchev–Trinajstić information content (AvgIpc) is 3.38. The number of hydrogen-bond acceptors (Lipinski definition) is 4. The van der Waals surface area contributed by atoms with Gasteiger partial charge in [-0.2, -0.15) is 5.10 Å². The van der Waals surface area contributed by atoms with Crippen LogP contribution in [0.15, 0.2) is 21.5 Å². The van der Waals surface area contributed by atoms with E-state index in [1.165, 1.54) is 28.9 Å². The smallest absolute Gasteiger partial charge is 0.354 e. The van der Waals surface area contributed by atoms with Gasteiger partial charge in [0.15, 0.2) is 15.6 Å². The summed E-state index contributed by atoms with van der Waals surface area (Å²) in [5.41, 5.74) is 4.06. The lowest BCUT2D eigenvalue weighted by Crippen LogP contribution is -2.38. The zero-order valence-electron chi connectivity index (χ0n) is 16.7. The zero-order valence-corrected chi connectivity index (χ0v) is 17.6. The van der Waals surface area contributed by atoms with Crippen LogP contribution in [0.25, 0.3) is 0 Å². The van der Waals surface area contributed by atoms with Crippen molar-refractivity contribution in [2.45, 2.75) is 62.6 Å². The molecule has 160 valence electrons. The highest BCUT2D eigenvalue weighted by molar-refractivity contribution is 7.91. The predicted octanol–water partition coefficient (Wildman–Crippen LogP) is 2.91. The van der Waals surface area contributed by atoms with Gasteiger partial charge in [0.1, 0.15) is 11.5 Å². The Morgan fingerprint density at radius 1 is 1.30 bits per heavy atom. The van der Waals surface area contributed by atoms with E-state index in [1.807, 2.05) is 0 Å². The molecule has 3 aliphatic rings. The van der Waals surface area contributed by atoms with Gasteiger partial charge >= 0.3 is 6.03 Å². The van der Waals surface area contributed by atoms with Gasteiger partial charge in [-0.3, -0.25) is 0 Å². The minimum atomic E-state index is -3.61. The fraction of sp³-hybridized carbons (Fsp3) is 0.500. The molecule has 10 heteroatoms. The lowest BCUT2D eigenvalue weighted by molar-refractivity contribution is 0.0411. The molecule has 5 rings (SSSR count). The Labute approximate surface area is 174 Å². The molecule has 2 amide bonds. The average molecular weight is 434 g/mol. The molecule has 0 bridgehead atoms. The van der Waals surface area contributed by atoms with Crippen molar-refractivity contribution in [3.8, 4) is 5.88 Å². The van der Waals surface area contributed by atoms with Crippen LogP contribution >= 0.6 is 0 Å². The lowest BCUT2D eigenvalue weighted by Gasteiger charge is -2.27. The van der Waals surface area contributed by atoms with E-state index in [9.17, 15) is 13.4 Å². The number of nitrogens with one attached hydrogen (secondary N) is 1. The minimum absolute atomic E-state index is 0.00308. The Morgan fingerprint density at radius 3 is 2.63 bits per heavy atom. The molecule has 1 aromatic carbocycles. The molecule has 1 aromatic heterocycles. The van der Waals surface area contributed by atoms with E-state index >= 15 is 0 Å². The second kappa shape index (κ2) is 6.78. The molecule has 2 atom stereocenters. The summed E-state index contributed by atoms with van der Waals surface area (Å²) in [5.74, 6) is 0.0932. The number of urea groups is 1. The molecular weight excluding hydrogens is 409 g/mol. The Kier molecular flexibility index (Phi) is 4.41. The number of nitrogens with zero attached hydrogens (tertiary/aromatic N) is 3. The monoisotopic (exact) mass is 433 g/mol. The highest BCUT2D eigenvalue weighted by Gasteiger charge is 2.35. The molecule has 0 radical (unpaired) electrons. The van der Waals surface area contributed by atoms with E-state index in [0.29, 0.717) is 0 Å². The van der Waals surface area contributed by atoms with Crippen molar-refractivity contribution in [2.75, 3.05) is 11.9 Å². The number of hydrogen-bond donors (Lipinski definition) is 2. The molecule has 0 unspecified atom stereocenters. The summed E-state index contributed by atoms with van der Waals surface area (Å²) >= 11 is 0. The number of nitrogens with two attached hydrogens (primary N) is 1. The molecule has 8 nitrogen and oxygen atoms in total. The fourth-order valence-electron chi connectivity index (χ4n) is 4.66. The van der Waals surface area contributed by atoms with Gasteiger partial charge in [-0.05, 0) is 67.7 Å². The van der Waals surface area contributed by atoms with Crippen molar-refractivity contribution >= 4 is 21.6 Å². The van der Waals surface area contributed by atoms with Crippen molar-refractivity contribution in [1.29, 1.82) is 0 Å². The molecule has 0 saturated carbocycles. The van der Waals surface area contributed by atoms with Crippen LogP contribution in [-0.4, -0.2) is 32.3 Å². The number of ether oxygens (including phenoxy) is 1. The molecular formula is C20H24FN5O3S. The van der Waals surface area contributed by atoms with Gasteiger partial charge in [0.2, 0.25) is 5.88 Å². The van der Waals surface area contributed by atoms with Gasteiger partial charge in [0.05, 0.1) is 12.7 Å². The van der Waals surface area contributed by atoms with Crippen LogP contribution < -0.4 is 15.2 Å². The van der Waals surface area contributed by atoms with Crippen molar-refractivity contribution in [1.82, 2.24) is 9.78 Å². The van der Waals surface area contributed by atoms with Gasteiger partial charge < -0.3 is 10.1 Å². The molecule has 0 fully saturated rings. The number of alkyl halides is 1. The first kappa shape index (κ1) is 19.5. The summed E-state index contributed by atoms with van der Waals surface area (Å²) in [7, 11) is -3.61. The first-order valence-electron chi connectivity index (χ1n) is 10.1. The van der Waals surface area contributed by atoms with Crippen LogP contribution in [0.2, 0.25) is 0 Å². The number of carbonyl (C=O) groups excluding carboxylic acids is 1. The first-order chi connectivity index (χ1) is 14.2. The summed E-state index contributed by atoms with van der Waals surface area (Å²) in [5, 5.41) is 12.8. The van der Waals surface area contributed by atoms with Crippen LogP contribution in [0, 0.1) is 0 Å². The van der Waals surface area contributed by atoms with Crippen LogP contribution in [0.1, 0.15) is 42.0 Å². The number of aryl methyl sites for hydroxylation is 2. The van der Waals surface area contributed by atoms with Crippen LogP contribution in [0.5, 0.6) is 5.88 Å². The maximum Gasteiger partial charge on any atom is 0.354 e. The molecule has 0 spiro atoms. The topological polar surface area (TPSA) is 112 Å². The second-order valence-corrected chi connectivity index (χ2v) is 10.3. The highest BCUT2D eigenvalue weighted by Crippen LogP contribution is 2.39. The van der Waals surface area contributed by atoms with E-state index in [1.54, 1.807) is 0 Å². The summed E-state index contributed by atoms with van der Waals surface area (Å²) < 4.78 is 37.6. The Balaban J connectivity index is 1.47. The third-order valence-corrected chi connectivity index (χ3v) is 7.33. The van der Waals surface area contributed by atoms with E-state index in [0.717, 1.165) is 55.3 Å². The van der Waals surface area contributed by atoms with Crippen molar-refractivity contribution in [3.63, 3.8) is 0 Å². The van der Waals surface area contributed by atoms with Gasteiger partial charge in [0.25, 0.3) is 0 Å². The van der Waals surface area contributed by atoms with Crippen molar-refractivity contribution in [2.24, 2.45) is 9.50 Å². The Hall–Kier alpha value is -2.46. The number of halogens is 1. The quantitative estimate of drug-likeness (QED) is 0.758. The summed E-state index contributed by atoms with van der Waals surface area (Å²) in [6.45, 7) is 1.13. The number of carbonyl (C=O) groups is 1. The number of anilines is 1. The molecule has 0 saturated heterocycles. The first-order valence-corrected chi connectivity index (χ1v) is 11.7. The maximum absolute atomic E-state index is 14.2. The summed E-state index contributed by atoms with van der Waals surface area (Å²) in [6.07, 6.45) is 7.16. The zero-order chi connectivity index (χ0) is 21.1. The summed E-state index contributed by atoms with van der Waals surface area (Å²) in [6, 6.07) is 1.50. The maximum atomic E-state index is 14.2.